The van der Waals surface area contributed by atoms with E-state index in [0.717, 1.165) is 12.1 Å². The lowest BCUT2D eigenvalue weighted by atomic mass is 9.92. The molecule has 1 atom stereocenters. The molecule has 1 aromatic carbocycles. The van der Waals surface area contributed by atoms with Crippen molar-refractivity contribution in [3.8, 4) is 5.69 Å². The summed E-state index contributed by atoms with van der Waals surface area (Å²) in [6, 6.07) is 3.13. The van der Waals surface area contributed by atoms with E-state index in [0.29, 0.717) is 30.1 Å². The maximum absolute atomic E-state index is 13.1. The van der Waals surface area contributed by atoms with E-state index in [-0.39, 0.29) is 24.4 Å². The van der Waals surface area contributed by atoms with Gasteiger partial charge in [0.15, 0.2) is 0 Å². The van der Waals surface area contributed by atoms with Crippen LogP contribution in [0, 0.1) is 0 Å². The van der Waals surface area contributed by atoms with Crippen molar-refractivity contribution in [2.75, 3.05) is 0 Å². The molecule has 2 N–H and O–H groups in total. The van der Waals surface area contributed by atoms with Crippen molar-refractivity contribution >= 4 is 5.97 Å². The van der Waals surface area contributed by atoms with Crippen molar-refractivity contribution in [2.45, 2.75) is 57.0 Å². The van der Waals surface area contributed by atoms with Crippen LogP contribution in [0.5, 0.6) is 0 Å². The summed E-state index contributed by atoms with van der Waals surface area (Å²) in [6.07, 6.45) is -10.0. The summed E-state index contributed by atoms with van der Waals surface area (Å²) >= 11 is 0. The van der Waals surface area contributed by atoms with Crippen molar-refractivity contribution in [3.05, 3.63) is 47.5 Å². The van der Waals surface area contributed by atoms with E-state index in [9.17, 15) is 36.2 Å². The van der Waals surface area contributed by atoms with Gasteiger partial charge in [-0.2, -0.15) is 26.3 Å². The van der Waals surface area contributed by atoms with Crippen LogP contribution in [0.25, 0.3) is 5.69 Å². The maximum Gasteiger partial charge on any atom is 0.430 e. The van der Waals surface area contributed by atoms with Crippen LogP contribution >= 0.6 is 0 Å². The van der Waals surface area contributed by atoms with Gasteiger partial charge in [-0.3, -0.25) is 4.79 Å². The molecule has 0 saturated carbocycles. The number of hydrogen-bond donors (Lipinski definition) is 2. The number of aryl methyl sites for hydroxylation is 1. The monoisotopic (exact) mass is 438 g/mol. The van der Waals surface area contributed by atoms with Crippen molar-refractivity contribution in [2.24, 2.45) is 0 Å². The van der Waals surface area contributed by atoms with Gasteiger partial charge in [0.2, 0.25) is 0 Å². The number of carboxylic acid groups (broad SMARTS) is 1. The minimum Gasteiger partial charge on any atom is -0.481 e. The highest BCUT2D eigenvalue weighted by Crippen LogP contribution is 2.50. The molecule has 0 amide bonds. The van der Waals surface area contributed by atoms with E-state index >= 15 is 0 Å². The second-order valence-electron chi connectivity index (χ2n) is 6.90. The standard InChI is InChI=1S/C19H20F6N2O3/c1-3-11(2)16-26-10-14(8-9-15(28)29)27(16)13-6-4-12(5-7-13)17(30,18(20,21)22)19(23,24)25/h4-7,10-11,30H,3,8-9H2,1-2H3,(H,28,29). The topological polar surface area (TPSA) is 75.3 Å². The van der Waals surface area contributed by atoms with E-state index in [1.54, 1.807) is 0 Å². The number of aliphatic carboxylic acids is 1. The lowest BCUT2D eigenvalue weighted by molar-refractivity contribution is -0.376. The van der Waals surface area contributed by atoms with Gasteiger partial charge in [-0.15, -0.1) is 0 Å². The normalized spacial score (nSPS) is 14.0. The molecule has 0 fully saturated rings. The van der Waals surface area contributed by atoms with Crippen LogP contribution in [0.3, 0.4) is 0 Å². The van der Waals surface area contributed by atoms with E-state index in [1.165, 1.54) is 10.8 Å². The summed E-state index contributed by atoms with van der Waals surface area (Å²) in [6.45, 7) is 3.71. The highest BCUT2D eigenvalue weighted by atomic mass is 19.4. The Morgan fingerprint density at radius 3 is 2.07 bits per heavy atom. The molecule has 1 heterocycles. The average Bonchev–Trinajstić information content (AvgIpc) is 3.07. The zero-order valence-electron chi connectivity index (χ0n) is 16.1. The van der Waals surface area contributed by atoms with Crippen LogP contribution in [0.4, 0.5) is 26.3 Å². The Balaban J connectivity index is 2.57. The molecule has 30 heavy (non-hydrogen) atoms. The van der Waals surface area contributed by atoms with Gasteiger partial charge in [0.05, 0.1) is 6.42 Å². The lowest BCUT2D eigenvalue weighted by Gasteiger charge is -2.32. The van der Waals surface area contributed by atoms with Gasteiger partial charge in [-0.25, -0.2) is 4.98 Å². The highest BCUT2D eigenvalue weighted by molar-refractivity contribution is 5.67. The number of carbonyl (C=O) groups is 1. The number of nitrogens with zero attached hydrogens (tertiary/aromatic N) is 2. The summed E-state index contributed by atoms with van der Waals surface area (Å²) in [5.74, 6) is -0.679. The Bertz CT molecular complexity index is 873. The number of hydrogen-bond acceptors (Lipinski definition) is 3. The first kappa shape index (κ1) is 23.7. The second kappa shape index (κ2) is 8.29. The van der Waals surface area contributed by atoms with E-state index in [4.69, 9.17) is 5.11 Å². The summed E-state index contributed by atoms with van der Waals surface area (Å²) in [7, 11) is 0. The van der Waals surface area contributed by atoms with Crippen LogP contribution in [0.2, 0.25) is 0 Å². The van der Waals surface area contributed by atoms with Crippen molar-refractivity contribution in [3.63, 3.8) is 0 Å². The SMILES string of the molecule is CCC(C)c1ncc(CCC(=O)O)n1-c1ccc(C(O)(C(F)(F)F)C(F)(F)F)cc1. The molecule has 0 aliphatic heterocycles. The number of aromatic nitrogens is 2. The zero-order valence-corrected chi connectivity index (χ0v) is 16.1. The third-order valence-electron chi connectivity index (χ3n) is 4.87. The number of halogens is 6. The first-order chi connectivity index (χ1) is 13.7. The van der Waals surface area contributed by atoms with Crippen molar-refractivity contribution in [1.29, 1.82) is 0 Å². The predicted molar refractivity (Wildman–Crippen MR) is 94.2 cm³/mol. The number of carboxylic acids is 1. The fraction of sp³-hybridized carbons (Fsp3) is 0.474. The van der Waals surface area contributed by atoms with Crippen LogP contribution in [-0.4, -0.2) is 38.1 Å². The van der Waals surface area contributed by atoms with Crippen molar-refractivity contribution in [1.82, 2.24) is 9.55 Å². The van der Waals surface area contributed by atoms with Crippen LogP contribution in [-0.2, 0) is 16.8 Å². The minimum atomic E-state index is -5.98. The Morgan fingerprint density at radius 2 is 1.63 bits per heavy atom. The summed E-state index contributed by atoms with van der Waals surface area (Å²) in [5.41, 5.74) is -5.73. The molecule has 1 aromatic heterocycles. The number of rotatable bonds is 7. The van der Waals surface area contributed by atoms with E-state index in [2.05, 4.69) is 4.98 Å². The molecule has 0 bridgehead atoms. The van der Waals surface area contributed by atoms with Gasteiger partial charge in [0.25, 0.3) is 5.60 Å². The van der Waals surface area contributed by atoms with Gasteiger partial charge in [0.1, 0.15) is 5.82 Å². The summed E-state index contributed by atoms with van der Waals surface area (Å²) < 4.78 is 80.0. The Hall–Kier alpha value is -2.56. The summed E-state index contributed by atoms with van der Waals surface area (Å²) in [5, 5.41) is 18.4. The Labute approximate surface area is 168 Å². The molecule has 2 rings (SSSR count). The van der Waals surface area contributed by atoms with Gasteiger partial charge in [-0.1, -0.05) is 26.0 Å². The zero-order chi connectivity index (χ0) is 22.9. The Kier molecular flexibility index (Phi) is 6.55. The molecule has 1 unspecified atom stereocenters. The smallest absolute Gasteiger partial charge is 0.430 e. The van der Waals surface area contributed by atoms with Gasteiger partial charge >= 0.3 is 18.3 Å². The molecule has 0 saturated heterocycles. The third-order valence-corrected chi connectivity index (χ3v) is 4.87. The quantitative estimate of drug-likeness (QED) is 0.614. The summed E-state index contributed by atoms with van der Waals surface area (Å²) in [4.78, 5) is 15.1. The number of imidazole rings is 1. The maximum atomic E-state index is 13.1. The number of alkyl halides is 6. The lowest BCUT2D eigenvalue weighted by Crippen LogP contribution is -2.53. The molecule has 166 valence electrons. The number of benzene rings is 1. The highest BCUT2D eigenvalue weighted by Gasteiger charge is 2.71. The molecule has 0 aliphatic carbocycles. The first-order valence-electron chi connectivity index (χ1n) is 8.99. The van der Waals surface area contributed by atoms with Gasteiger partial charge < -0.3 is 14.8 Å². The van der Waals surface area contributed by atoms with E-state index in [1.807, 2.05) is 13.8 Å². The molecule has 0 aliphatic rings. The number of aliphatic hydroxyl groups is 1. The van der Waals surface area contributed by atoms with Crippen LogP contribution in [0.1, 0.15) is 49.7 Å². The van der Waals surface area contributed by atoms with Crippen molar-refractivity contribution < 1.29 is 41.4 Å². The first-order valence-corrected chi connectivity index (χ1v) is 8.99. The second-order valence-corrected chi connectivity index (χ2v) is 6.90. The largest absolute Gasteiger partial charge is 0.481 e. The molecule has 0 spiro atoms. The van der Waals surface area contributed by atoms with Crippen LogP contribution in [0.15, 0.2) is 30.5 Å². The van der Waals surface area contributed by atoms with E-state index < -0.39 is 29.5 Å². The predicted octanol–water partition coefficient (Wildman–Crippen LogP) is 4.72. The fourth-order valence-corrected chi connectivity index (χ4v) is 2.98. The van der Waals surface area contributed by atoms with Gasteiger partial charge in [0, 0.05) is 35.5 Å². The fourth-order valence-electron chi connectivity index (χ4n) is 2.98. The van der Waals surface area contributed by atoms with Crippen LogP contribution < -0.4 is 0 Å². The molecule has 2 aromatic rings. The molecule has 5 nitrogen and oxygen atoms in total. The van der Waals surface area contributed by atoms with Gasteiger partial charge in [-0.05, 0) is 18.6 Å². The third kappa shape index (κ3) is 4.30. The molecular formula is C19H20F6N2O3. The molecular weight excluding hydrogens is 418 g/mol. The molecule has 11 heteroatoms. The molecule has 0 radical (unpaired) electrons. The minimum absolute atomic E-state index is 0.0650. The average molecular weight is 438 g/mol. The Morgan fingerprint density at radius 1 is 1.10 bits per heavy atom.